The van der Waals surface area contributed by atoms with Crippen molar-refractivity contribution in [1.29, 1.82) is 0 Å². The average molecular weight is 942 g/mol. The number of benzene rings is 3. The van der Waals surface area contributed by atoms with Crippen molar-refractivity contribution >= 4 is 40.5 Å². The van der Waals surface area contributed by atoms with Crippen LogP contribution in [0, 0.1) is 17.3 Å². The van der Waals surface area contributed by atoms with Crippen LogP contribution in [-0.4, -0.2) is 130 Å². The van der Waals surface area contributed by atoms with Crippen molar-refractivity contribution in [3.05, 3.63) is 90.0 Å². The van der Waals surface area contributed by atoms with Gasteiger partial charge in [-0.05, 0) is 129 Å². The monoisotopic (exact) mass is 942 g/mol. The summed E-state index contributed by atoms with van der Waals surface area (Å²) in [5.41, 5.74) is 10.8. The van der Waals surface area contributed by atoms with Crippen molar-refractivity contribution in [3.8, 4) is 28.1 Å². The Morgan fingerprint density at radius 3 is 2.49 bits per heavy atom. The number of ether oxygens (including phenoxy) is 1. The van der Waals surface area contributed by atoms with E-state index in [0.717, 1.165) is 60.3 Å². The van der Waals surface area contributed by atoms with Crippen LogP contribution in [0.15, 0.2) is 73.3 Å². The predicted octanol–water partition coefficient (Wildman–Crippen LogP) is 6.51. The zero-order valence-corrected chi connectivity index (χ0v) is 41.4. The molecule has 4 atom stereocenters. The number of phenolic OH excluding ortho intramolecular Hbond substituents is 1. The first-order valence-electron chi connectivity index (χ1n) is 25.1. The average Bonchev–Trinajstić information content (AvgIpc) is 4.11. The number of aromatic hydroxyl groups is 1. The molecule has 4 aliphatic heterocycles. The number of aromatic nitrogens is 1. The molecule has 69 heavy (non-hydrogen) atoms. The second kappa shape index (κ2) is 20.9. The Morgan fingerprint density at radius 1 is 0.986 bits per heavy atom. The highest BCUT2D eigenvalue weighted by molar-refractivity contribution is 5.96. The van der Waals surface area contributed by atoms with Gasteiger partial charge >= 0.3 is 5.97 Å². The first-order chi connectivity index (χ1) is 33.0. The van der Waals surface area contributed by atoms with Gasteiger partial charge in [0.05, 0.1) is 18.2 Å². The van der Waals surface area contributed by atoms with Gasteiger partial charge < -0.3 is 34.4 Å². The number of carbonyl (C=O) groups excluding carboxylic acids is 5. The lowest BCUT2D eigenvalue weighted by Crippen LogP contribution is -2.62. The van der Waals surface area contributed by atoms with Crippen molar-refractivity contribution in [2.45, 2.75) is 111 Å². The molecule has 3 saturated heterocycles. The number of nitrogens with zero attached hydrogens (tertiary/aromatic N) is 5. The largest absolute Gasteiger partial charge is 0.508 e. The molecule has 3 N–H and O–H groups in total. The second-order valence-electron chi connectivity index (χ2n) is 20.8. The fourth-order valence-corrected chi connectivity index (χ4v) is 11.2. The van der Waals surface area contributed by atoms with Gasteiger partial charge in [0.1, 0.15) is 23.9 Å². The number of nitrogens with one attached hydrogen (secondary N) is 2. The van der Waals surface area contributed by atoms with E-state index >= 15 is 0 Å². The molecule has 5 heterocycles. The van der Waals surface area contributed by atoms with E-state index in [2.05, 4.69) is 90.0 Å². The molecule has 14 nitrogen and oxygen atoms in total. The molecular weight excluding hydrogens is 871 g/mol. The summed E-state index contributed by atoms with van der Waals surface area (Å²) in [7, 11) is 1.59. The molecule has 0 aliphatic carbocycles. The van der Waals surface area contributed by atoms with Crippen molar-refractivity contribution in [2.75, 3.05) is 52.9 Å². The molecule has 0 spiro atoms. The molecule has 0 saturated carbocycles. The lowest BCUT2D eigenvalue weighted by Gasteiger charge is -2.37. The molecule has 0 radical (unpaired) electrons. The molecule has 8 rings (SSSR count). The Hall–Kier alpha value is -5.99. The Labute approximate surface area is 407 Å². The number of cyclic esters (lactones) is 1. The number of carbonyl (C=O) groups is 5. The number of hydrogen-bond acceptors (Lipinski definition) is 9. The smallest absolute Gasteiger partial charge is 0.324 e. The van der Waals surface area contributed by atoms with Crippen LogP contribution in [0.3, 0.4) is 0 Å². The third kappa shape index (κ3) is 10.8. The van der Waals surface area contributed by atoms with E-state index < -0.39 is 47.2 Å². The van der Waals surface area contributed by atoms with Crippen LogP contribution in [0.25, 0.3) is 33.3 Å². The van der Waals surface area contributed by atoms with Gasteiger partial charge in [0.2, 0.25) is 17.7 Å². The maximum absolute atomic E-state index is 14.8. The fraction of sp³-hybridized carbons (Fsp3) is 0.509. The van der Waals surface area contributed by atoms with Crippen LogP contribution in [0.4, 0.5) is 0 Å². The van der Waals surface area contributed by atoms with Crippen LogP contribution < -0.4 is 10.7 Å². The molecule has 3 aromatic carbocycles. The molecular formula is C55H71N7O7. The number of phenols is 1. The zero-order valence-electron chi connectivity index (χ0n) is 41.4. The summed E-state index contributed by atoms with van der Waals surface area (Å²) in [4.78, 5) is 75.2. The van der Waals surface area contributed by atoms with E-state index in [1.807, 2.05) is 19.9 Å². The number of fused-ring (bicyclic) bond motifs is 6. The highest BCUT2D eigenvalue weighted by Crippen LogP contribution is 2.42. The summed E-state index contributed by atoms with van der Waals surface area (Å²) in [5, 5.41) is 16.9. The van der Waals surface area contributed by atoms with Gasteiger partial charge in [0.25, 0.3) is 5.91 Å². The molecule has 368 valence electrons. The number of esters is 1. The number of hydrogen-bond donors (Lipinski definition) is 3. The molecule has 6 bridgehead atoms. The number of likely N-dealkylation sites (N-methyl/N-ethyl adjacent to an activating group) is 1. The normalized spacial score (nSPS) is 21.5. The highest BCUT2D eigenvalue weighted by Gasteiger charge is 2.40. The van der Waals surface area contributed by atoms with Crippen LogP contribution >= 0.6 is 0 Å². The maximum Gasteiger partial charge on any atom is 0.324 e. The van der Waals surface area contributed by atoms with Crippen molar-refractivity contribution < 1.29 is 33.8 Å². The van der Waals surface area contributed by atoms with Crippen LogP contribution in [0.2, 0.25) is 0 Å². The minimum atomic E-state index is -1.15. The van der Waals surface area contributed by atoms with E-state index in [0.29, 0.717) is 44.3 Å². The van der Waals surface area contributed by atoms with Gasteiger partial charge in [-0.3, -0.25) is 29.0 Å². The first kappa shape index (κ1) is 49.4. The van der Waals surface area contributed by atoms with E-state index in [9.17, 15) is 29.1 Å². The van der Waals surface area contributed by atoms with Crippen LogP contribution in [0.1, 0.15) is 83.4 Å². The lowest BCUT2D eigenvalue weighted by atomic mass is 9.83. The molecule has 14 heteroatoms. The van der Waals surface area contributed by atoms with Gasteiger partial charge in [0.15, 0.2) is 0 Å². The van der Waals surface area contributed by atoms with Crippen molar-refractivity contribution in [1.82, 2.24) is 35.0 Å². The topological polar surface area (TPSA) is 157 Å². The molecule has 3 fully saturated rings. The van der Waals surface area contributed by atoms with Gasteiger partial charge in [0, 0.05) is 68.1 Å². The number of aryl methyl sites for hydroxylation is 1. The maximum atomic E-state index is 14.8. The molecule has 4 amide bonds. The number of hydrazine groups is 1. The highest BCUT2D eigenvalue weighted by atomic mass is 16.5. The van der Waals surface area contributed by atoms with Crippen molar-refractivity contribution in [3.63, 3.8) is 0 Å². The quantitative estimate of drug-likeness (QED) is 0.113. The van der Waals surface area contributed by atoms with E-state index in [1.54, 1.807) is 24.1 Å². The van der Waals surface area contributed by atoms with Gasteiger partial charge in [-0.15, -0.1) is 0 Å². The van der Waals surface area contributed by atoms with Gasteiger partial charge in [-0.25, -0.2) is 5.43 Å². The van der Waals surface area contributed by atoms with Crippen LogP contribution in [0.5, 0.6) is 5.75 Å². The Morgan fingerprint density at radius 2 is 1.75 bits per heavy atom. The third-order valence-corrected chi connectivity index (χ3v) is 14.7. The summed E-state index contributed by atoms with van der Waals surface area (Å²) in [6, 6.07) is 17.6. The zero-order chi connectivity index (χ0) is 49.1. The first-order valence-corrected chi connectivity index (χ1v) is 25.1. The van der Waals surface area contributed by atoms with Gasteiger partial charge in [-0.2, -0.15) is 0 Å². The Bertz CT molecular complexity index is 2590. The minimum Gasteiger partial charge on any atom is -0.508 e. The Balaban J connectivity index is 1.18. The predicted molar refractivity (Wildman–Crippen MR) is 268 cm³/mol. The summed E-state index contributed by atoms with van der Waals surface area (Å²) in [6.07, 6.45) is 6.72. The lowest BCUT2D eigenvalue weighted by molar-refractivity contribution is -0.155. The fourth-order valence-electron chi connectivity index (χ4n) is 11.2. The summed E-state index contributed by atoms with van der Waals surface area (Å²) in [5.74, 6) is -2.74. The molecule has 4 aromatic rings. The number of rotatable bonds is 11. The Kier molecular flexibility index (Phi) is 15.0. The van der Waals surface area contributed by atoms with Gasteiger partial charge in [-0.1, -0.05) is 70.7 Å². The van der Waals surface area contributed by atoms with Crippen LogP contribution in [-0.2, 0) is 54.5 Å². The van der Waals surface area contributed by atoms with Crippen molar-refractivity contribution in [2.24, 2.45) is 17.3 Å². The SMILES string of the molecule is C=CC(=O)N1CC[C@H](C(=O)N(C)[C@H](C(=O)N[C@H]2Cc3cc(O)cc(c3)-c3ccc4c(c3)c(c(-c3ccccc3CCN3CCCC3)n4CC)CC(C)(C)COC(=O)[C@@H]3CCCN(N3)C2=O)C(C)C)C1. The third-order valence-electron chi connectivity index (χ3n) is 14.7. The van der Waals surface area contributed by atoms with E-state index in [4.69, 9.17) is 4.74 Å². The molecule has 0 unspecified atom stereocenters. The minimum absolute atomic E-state index is 0.00917. The molecule has 1 aromatic heterocycles. The number of amides is 4. The standard InChI is InChI=1S/C55H71N7O7/c1-8-48(64)60-26-21-39(33-60)52(66)58(7)49(35(3)4)51(65)56-46-29-36-27-40(30-41(63)28-36)38-18-19-47-43(31-38)44(32-55(5,6)34-69-54(68)45-17-14-24-62(57-45)53(46)67)50(61(47)9-2)42-16-11-10-15-37(42)20-25-59-22-12-13-23-59/h8,10-11,15-16,18-19,27-28,30-31,35,39,45-46,49,57,63H,1,9,12-14,17,20-26,29,32-34H2,2-7H3,(H,56,65)/t39-,45-,46-,49-/m0/s1. The summed E-state index contributed by atoms with van der Waals surface area (Å²) in [6.45, 7) is 18.8. The second-order valence-corrected chi connectivity index (χ2v) is 20.8. The molecule has 4 aliphatic rings. The van der Waals surface area contributed by atoms with E-state index in [1.165, 1.54) is 45.5 Å². The van der Waals surface area contributed by atoms with E-state index in [-0.39, 0.29) is 43.1 Å². The summed E-state index contributed by atoms with van der Waals surface area (Å²) >= 11 is 0. The number of likely N-dealkylation sites (tertiary alicyclic amines) is 2. The summed E-state index contributed by atoms with van der Waals surface area (Å²) < 4.78 is 8.58.